The zero-order valence-electron chi connectivity index (χ0n) is 10.3. The van der Waals surface area contributed by atoms with Crippen molar-refractivity contribution in [3.8, 4) is 0 Å². The van der Waals surface area contributed by atoms with Crippen LogP contribution in [0.25, 0.3) is 0 Å². The molecule has 90 valence electrons. The van der Waals surface area contributed by atoms with E-state index < -0.39 is 0 Å². The zero-order valence-corrected chi connectivity index (χ0v) is 10.3. The Labute approximate surface area is 99.0 Å². The Bertz CT molecular complexity index is 566. The van der Waals surface area contributed by atoms with Crippen LogP contribution in [0.2, 0.25) is 0 Å². The van der Waals surface area contributed by atoms with Crippen molar-refractivity contribution in [2.24, 2.45) is 7.05 Å². The normalized spacial score (nSPS) is 10.6. The molecule has 0 aliphatic carbocycles. The minimum absolute atomic E-state index is 0.206. The molecule has 6 heteroatoms. The molecule has 0 aromatic carbocycles. The van der Waals surface area contributed by atoms with Gasteiger partial charge in [0.05, 0.1) is 5.69 Å². The summed E-state index contributed by atoms with van der Waals surface area (Å²) in [7, 11) is 1.74. The van der Waals surface area contributed by atoms with Gasteiger partial charge in [-0.05, 0) is 26.8 Å². The SMILES string of the molecule is Cc1cc(C(=O)Nc2n[nH]c(C)c2C)n(C)n1. The summed E-state index contributed by atoms with van der Waals surface area (Å²) in [6.07, 6.45) is 0. The third-order valence-corrected chi connectivity index (χ3v) is 2.72. The molecule has 0 radical (unpaired) electrons. The fraction of sp³-hybridized carbons (Fsp3) is 0.364. The maximum absolute atomic E-state index is 12.0. The highest BCUT2D eigenvalue weighted by Gasteiger charge is 2.14. The van der Waals surface area contributed by atoms with Gasteiger partial charge in [0.15, 0.2) is 5.82 Å². The number of nitrogens with zero attached hydrogens (tertiary/aromatic N) is 3. The van der Waals surface area contributed by atoms with Gasteiger partial charge in [-0.2, -0.15) is 10.2 Å². The second-order valence-electron chi connectivity index (χ2n) is 4.07. The molecule has 17 heavy (non-hydrogen) atoms. The highest BCUT2D eigenvalue weighted by molar-refractivity contribution is 6.03. The van der Waals surface area contributed by atoms with Crippen molar-refractivity contribution < 1.29 is 4.79 Å². The molecule has 0 saturated heterocycles. The van der Waals surface area contributed by atoms with Gasteiger partial charge in [0, 0.05) is 18.3 Å². The van der Waals surface area contributed by atoms with E-state index >= 15 is 0 Å². The van der Waals surface area contributed by atoms with Gasteiger partial charge < -0.3 is 5.32 Å². The number of nitrogens with one attached hydrogen (secondary N) is 2. The van der Waals surface area contributed by atoms with Crippen LogP contribution in [-0.2, 0) is 7.05 Å². The highest BCUT2D eigenvalue weighted by Crippen LogP contribution is 2.15. The Morgan fingerprint density at radius 1 is 1.41 bits per heavy atom. The monoisotopic (exact) mass is 233 g/mol. The number of aromatic amines is 1. The van der Waals surface area contributed by atoms with Gasteiger partial charge in [-0.15, -0.1) is 0 Å². The van der Waals surface area contributed by atoms with E-state index in [2.05, 4.69) is 20.6 Å². The number of hydrogen-bond donors (Lipinski definition) is 2. The Morgan fingerprint density at radius 2 is 2.12 bits per heavy atom. The molecule has 2 N–H and O–H groups in total. The number of carbonyl (C=O) groups is 1. The average molecular weight is 233 g/mol. The van der Waals surface area contributed by atoms with Crippen LogP contribution in [-0.4, -0.2) is 25.9 Å². The Kier molecular flexibility index (Phi) is 2.71. The van der Waals surface area contributed by atoms with Crippen LogP contribution in [0, 0.1) is 20.8 Å². The molecule has 2 aromatic rings. The van der Waals surface area contributed by atoms with Crippen LogP contribution in [0.1, 0.15) is 27.4 Å². The Hall–Kier alpha value is -2.11. The minimum Gasteiger partial charge on any atom is -0.304 e. The third kappa shape index (κ3) is 2.06. The molecular formula is C11H15N5O. The van der Waals surface area contributed by atoms with E-state index in [1.165, 1.54) is 0 Å². The van der Waals surface area contributed by atoms with E-state index in [-0.39, 0.29) is 5.91 Å². The Balaban J connectivity index is 2.23. The van der Waals surface area contributed by atoms with Gasteiger partial charge in [-0.25, -0.2) is 0 Å². The van der Waals surface area contributed by atoms with E-state index in [0.29, 0.717) is 11.5 Å². The summed E-state index contributed by atoms with van der Waals surface area (Å²) in [5.74, 6) is 0.356. The standard InChI is InChI=1S/C11H15N5O/c1-6-5-9(16(4)15-6)11(17)12-10-7(2)8(3)13-14-10/h5H,1-4H3,(H2,12,13,14,17). The van der Waals surface area contributed by atoms with Crippen LogP contribution in [0.5, 0.6) is 0 Å². The molecule has 2 heterocycles. The van der Waals surface area contributed by atoms with E-state index in [1.54, 1.807) is 17.8 Å². The lowest BCUT2D eigenvalue weighted by molar-refractivity contribution is 0.101. The van der Waals surface area contributed by atoms with Crippen LogP contribution in [0.4, 0.5) is 5.82 Å². The van der Waals surface area contributed by atoms with Gasteiger partial charge in [-0.3, -0.25) is 14.6 Å². The van der Waals surface area contributed by atoms with E-state index in [0.717, 1.165) is 17.0 Å². The predicted octanol–water partition coefficient (Wildman–Crippen LogP) is 1.32. The maximum Gasteiger partial charge on any atom is 0.275 e. The first-order valence-corrected chi connectivity index (χ1v) is 5.32. The molecule has 2 aromatic heterocycles. The molecule has 0 atom stereocenters. The van der Waals surface area contributed by atoms with Crippen molar-refractivity contribution >= 4 is 11.7 Å². The summed E-state index contributed by atoms with van der Waals surface area (Å²) in [6.45, 7) is 5.66. The number of aromatic nitrogens is 4. The van der Waals surface area contributed by atoms with E-state index in [9.17, 15) is 4.79 Å². The lowest BCUT2D eigenvalue weighted by Gasteiger charge is -2.02. The first-order valence-electron chi connectivity index (χ1n) is 5.32. The van der Waals surface area contributed by atoms with Crippen molar-refractivity contribution in [3.63, 3.8) is 0 Å². The van der Waals surface area contributed by atoms with Crippen molar-refractivity contribution in [3.05, 3.63) is 28.7 Å². The number of aryl methyl sites for hydroxylation is 3. The Morgan fingerprint density at radius 3 is 2.59 bits per heavy atom. The summed E-state index contributed by atoms with van der Waals surface area (Å²) < 4.78 is 1.56. The second kappa shape index (κ2) is 4.04. The third-order valence-electron chi connectivity index (χ3n) is 2.72. The van der Waals surface area contributed by atoms with Gasteiger partial charge >= 0.3 is 0 Å². The summed E-state index contributed by atoms with van der Waals surface area (Å²) in [5, 5.41) is 13.7. The summed E-state index contributed by atoms with van der Waals surface area (Å²) in [6, 6.07) is 1.74. The maximum atomic E-state index is 12.0. The van der Waals surface area contributed by atoms with E-state index in [4.69, 9.17) is 0 Å². The number of carbonyl (C=O) groups excluding carboxylic acids is 1. The molecule has 2 rings (SSSR count). The lowest BCUT2D eigenvalue weighted by Crippen LogP contribution is -2.16. The van der Waals surface area contributed by atoms with Crippen LogP contribution in [0.15, 0.2) is 6.07 Å². The van der Waals surface area contributed by atoms with E-state index in [1.807, 2.05) is 20.8 Å². The van der Waals surface area contributed by atoms with Crippen molar-refractivity contribution in [1.82, 2.24) is 20.0 Å². The molecule has 0 bridgehead atoms. The topological polar surface area (TPSA) is 75.6 Å². The van der Waals surface area contributed by atoms with Crippen molar-refractivity contribution in [1.29, 1.82) is 0 Å². The fourth-order valence-electron chi connectivity index (χ4n) is 1.60. The molecule has 0 saturated carbocycles. The summed E-state index contributed by atoms with van der Waals surface area (Å²) >= 11 is 0. The second-order valence-corrected chi connectivity index (χ2v) is 4.07. The molecule has 0 fully saturated rings. The van der Waals surface area contributed by atoms with Crippen molar-refractivity contribution in [2.75, 3.05) is 5.32 Å². The minimum atomic E-state index is -0.206. The predicted molar refractivity (Wildman–Crippen MR) is 64.0 cm³/mol. The molecule has 6 nitrogen and oxygen atoms in total. The number of anilines is 1. The van der Waals surface area contributed by atoms with Gasteiger partial charge in [0.1, 0.15) is 5.69 Å². The fourth-order valence-corrected chi connectivity index (χ4v) is 1.60. The van der Waals surface area contributed by atoms with Gasteiger partial charge in [0.25, 0.3) is 5.91 Å². The summed E-state index contributed by atoms with van der Waals surface area (Å²) in [5.41, 5.74) is 3.22. The molecule has 0 aliphatic heterocycles. The first-order chi connectivity index (χ1) is 7.99. The smallest absolute Gasteiger partial charge is 0.275 e. The number of amides is 1. The molecule has 0 aliphatic rings. The van der Waals surface area contributed by atoms with Crippen LogP contribution in [0.3, 0.4) is 0 Å². The highest BCUT2D eigenvalue weighted by atomic mass is 16.2. The number of H-pyrrole nitrogens is 1. The molecular weight excluding hydrogens is 218 g/mol. The molecule has 0 unspecified atom stereocenters. The quantitative estimate of drug-likeness (QED) is 0.821. The van der Waals surface area contributed by atoms with Crippen LogP contribution < -0.4 is 5.32 Å². The van der Waals surface area contributed by atoms with Gasteiger partial charge in [-0.1, -0.05) is 0 Å². The van der Waals surface area contributed by atoms with Gasteiger partial charge in [0.2, 0.25) is 0 Å². The lowest BCUT2D eigenvalue weighted by atomic mass is 10.2. The van der Waals surface area contributed by atoms with Crippen LogP contribution >= 0.6 is 0 Å². The largest absolute Gasteiger partial charge is 0.304 e. The molecule has 0 spiro atoms. The zero-order chi connectivity index (χ0) is 12.6. The first kappa shape index (κ1) is 11.4. The number of hydrogen-bond acceptors (Lipinski definition) is 3. The van der Waals surface area contributed by atoms with Crippen molar-refractivity contribution in [2.45, 2.75) is 20.8 Å². The molecule has 1 amide bonds. The average Bonchev–Trinajstić information content (AvgIpc) is 2.75. The summed E-state index contributed by atoms with van der Waals surface area (Å²) in [4.78, 5) is 12.0. The number of rotatable bonds is 2.